The molecule has 1 fully saturated rings. The van der Waals surface area contributed by atoms with E-state index in [1.165, 1.54) is 12.1 Å². The number of hydrogen-bond donors (Lipinski definition) is 1. The lowest BCUT2D eigenvalue weighted by Gasteiger charge is -2.24. The SMILES string of the molecule is CC(NC1CC(C)(C)CC1C)c1cccc(C(F)(F)F)c1. The fourth-order valence-corrected chi connectivity index (χ4v) is 3.52. The van der Waals surface area contributed by atoms with E-state index in [4.69, 9.17) is 0 Å². The smallest absolute Gasteiger partial charge is 0.307 e. The third kappa shape index (κ3) is 4.00. The summed E-state index contributed by atoms with van der Waals surface area (Å²) in [4.78, 5) is 0. The summed E-state index contributed by atoms with van der Waals surface area (Å²) in [6.45, 7) is 8.65. The predicted molar refractivity (Wildman–Crippen MR) is 79.0 cm³/mol. The summed E-state index contributed by atoms with van der Waals surface area (Å²) in [5.41, 5.74) is 0.431. The minimum absolute atomic E-state index is 0.0753. The van der Waals surface area contributed by atoms with E-state index in [1.54, 1.807) is 6.07 Å². The highest BCUT2D eigenvalue weighted by Gasteiger charge is 2.37. The molecule has 118 valence electrons. The molecule has 21 heavy (non-hydrogen) atoms. The lowest BCUT2D eigenvalue weighted by Crippen LogP contribution is -2.33. The molecule has 0 amide bonds. The van der Waals surface area contributed by atoms with E-state index in [0.717, 1.165) is 18.9 Å². The van der Waals surface area contributed by atoms with Crippen molar-refractivity contribution in [3.8, 4) is 0 Å². The van der Waals surface area contributed by atoms with E-state index in [-0.39, 0.29) is 6.04 Å². The molecule has 0 aliphatic heterocycles. The van der Waals surface area contributed by atoms with Crippen molar-refractivity contribution in [2.45, 2.75) is 58.8 Å². The van der Waals surface area contributed by atoms with Gasteiger partial charge in [-0.3, -0.25) is 0 Å². The van der Waals surface area contributed by atoms with Crippen LogP contribution in [0.25, 0.3) is 0 Å². The normalized spacial score (nSPS) is 26.8. The summed E-state index contributed by atoms with van der Waals surface area (Å²) < 4.78 is 38.3. The molecular weight excluding hydrogens is 275 g/mol. The Hall–Kier alpha value is -1.03. The van der Waals surface area contributed by atoms with Crippen molar-refractivity contribution in [2.75, 3.05) is 0 Å². The highest BCUT2D eigenvalue weighted by molar-refractivity contribution is 5.27. The molecule has 0 bridgehead atoms. The molecule has 1 N–H and O–H groups in total. The Kier molecular flexibility index (Phi) is 4.39. The average molecular weight is 299 g/mol. The molecule has 2 rings (SSSR count). The molecule has 1 aromatic carbocycles. The van der Waals surface area contributed by atoms with Crippen LogP contribution in [0.4, 0.5) is 13.2 Å². The number of halogens is 3. The molecule has 1 aliphatic rings. The lowest BCUT2D eigenvalue weighted by atomic mass is 9.91. The van der Waals surface area contributed by atoms with Crippen molar-refractivity contribution in [3.63, 3.8) is 0 Å². The summed E-state index contributed by atoms with van der Waals surface area (Å²) in [6, 6.07) is 5.91. The maximum Gasteiger partial charge on any atom is 0.416 e. The molecule has 0 heterocycles. The van der Waals surface area contributed by atoms with Crippen LogP contribution in [-0.2, 0) is 6.18 Å². The van der Waals surface area contributed by atoms with Gasteiger partial charge in [0, 0.05) is 12.1 Å². The minimum atomic E-state index is -4.28. The molecule has 3 unspecified atom stereocenters. The zero-order valence-corrected chi connectivity index (χ0v) is 13.1. The van der Waals surface area contributed by atoms with Gasteiger partial charge in [-0.1, -0.05) is 32.9 Å². The van der Waals surface area contributed by atoms with Gasteiger partial charge in [-0.2, -0.15) is 13.2 Å². The van der Waals surface area contributed by atoms with E-state index in [0.29, 0.717) is 22.9 Å². The van der Waals surface area contributed by atoms with Crippen LogP contribution in [0, 0.1) is 11.3 Å². The van der Waals surface area contributed by atoms with Crippen LogP contribution >= 0.6 is 0 Å². The summed E-state index contributed by atoms with van der Waals surface area (Å²) >= 11 is 0. The Morgan fingerprint density at radius 3 is 2.43 bits per heavy atom. The van der Waals surface area contributed by atoms with Crippen LogP contribution < -0.4 is 5.32 Å². The first-order valence-corrected chi connectivity index (χ1v) is 7.52. The lowest BCUT2D eigenvalue weighted by molar-refractivity contribution is -0.137. The van der Waals surface area contributed by atoms with Gasteiger partial charge < -0.3 is 5.32 Å². The topological polar surface area (TPSA) is 12.0 Å². The zero-order chi connectivity index (χ0) is 15.8. The molecule has 1 aromatic rings. The molecule has 0 spiro atoms. The molecule has 3 atom stereocenters. The Bertz CT molecular complexity index is 493. The summed E-state index contributed by atoms with van der Waals surface area (Å²) in [7, 11) is 0. The number of benzene rings is 1. The Labute approximate surface area is 124 Å². The summed E-state index contributed by atoms with van der Waals surface area (Å²) in [5.74, 6) is 0.549. The molecular formula is C17H24F3N. The number of alkyl halides is 3. The first-order chi connectivity index (χ1) is 9.58. The molecule has 1 aliphatic carbocycles. The van der Waals surface area contributed by atoms with Crippen molar-refractivity contribution < 1.29 is 13.2 Å². The number of rotatable bonds is 3. The van der Waals surface area contributed by atoms with E-state index < -0.39 is 11.7 Å². The van der Waals surface area contributed by atoms with Gasteiger partial charge in [0.2, 0.25) is 0 Å². The van der Waals surface area contributed by atoms with Crippen LogP contribution in [0.5, 0.6) is 0 Å². The molecule has 4 heteroatoms. The first-order valence-electron chi connectivity index (χ1n) is 7.52. The quantitative estimate of drug-likeness (QED) is 0.811. The third-order valence-corrected chi connectivity index (χ3v) is 4.51. The Morgan fingerprint density at radius 1 is 1.24 bits per heavy atom. The van der Waals surface area contributed by atoms with E-state index in [1.807, 2.05) is 6.92 Å². The predicted octanol–water partition coefficient (Wildman–Crippen LogP) is 5.18. The van der Waals surface area contributed by atoms with Crippen molar-refractivity contribution in [2.24, 2.45) is 11.3 Å². The van der Waals surface area contributed by atoms with Gasteiger partial charge in [-0.05, 0) is 48.8 Å². The van der Waals surface area contributed by atoms with Gasteiger partial charge >= 0.3 is 6.18 Å². The van der Waals surface area contributed by atoms with Crippen LogP contribution in [-0.4, -0.2) is 6.04 Å². The van der Waals surface area contributed by atoms with Crippen molar-refractivity contribution in [1.82, 2.24) is 5.32 Å². The largest absolute Gasteiger partial charge is 0.416 e. The van der Waals surface area contributed by atoms with Crippen LogP contribution in [0.15, 0.2) is 24.3 Å². The van der Waals surface area contributed by atoms with Crippen LogP contribution in [0.2, 0.25) is 0 Å². The van der Waals surface area contributed by atoms with Gasteiger partial charge in [0.05, 0.1) is 5.56 Å². The molecule has 0 aromatic heterocycles. The van der Waals surface area contributed by atoms with Gasteiger partial charge in [0.25, 0.3) is 0 Å². The highest BCUT2D eigenvalue weighted by Crippen LogP contribution is 2.41. The van der Waals surface area contributed by atoms with Gasteiger partial charge in [0.1, 0.15) is 0 Å². The standard InChI is InChI=1S/C17H24F3N/c1-11-9-16(3,4)10-15(11)21-12(2)13-6-5-7-14(8-13)17(18,19)20/h5-8,11-12,15,21H,9-10H2,1-4H3. The van der Waals surface area contributed by atoms with Crippen LogP contribution in [0.1, 0.15) is 57.7 Å². The van der Waals surface area contributed by atoms with Gasteiger partial charge in [-0.15, -0.1) is 0 Å². The zero-order valence-electron chi connectivity index (χ0n) is 13.1. The summed E-state index contributed by atoms with van der Waals surface area (Å²) in [6.07, 6.45) is -2.06. The third-order valence-electron chi connectivity index (χ3n) is 4.51. The molecule has 1 saturated carbocycles. The van der Waals surface area contributed by atoms with Crippen molar-refractivity contribution >= 4 is 0 Å². The first kappa shape index (κ1) is 16.3. The second-order valence-corrected chi connectivity index (χ2v) is 7.17. The summed E-state index contributed by atoms with van der Waals surface area (Å²) in [5, 5.41) is 3.51. The monoisotopic (exact) mass is 299 g/mol. The minimum Gasteiger partial charge on any atom is -0.307 e. The maximum atomic E-state index is 12.8. The fourth-order valence-electron chi connectivity index (χ4n) is 3.52. The van der Waals surface area contributed by atoms with E-state index >= 15 is 0 Å². The second kappa shape index (κ2) is 5.64. The number of nitrogens with one attached hydrogen (secondary N) is 1. The average Bonchev–Trinajstić information content (AvgIpc) is 2.61. The van der Waals surface area contributed by atoms with Gasteiger partial charge in [-0.25, -0.2) is 0 Å². The van der Waals surface area contributed by atoms with Crippen molar-refractivity contribution in [3.05, 3.63) is 35.4 Å². The van der Waals surface area contributed by atoms with Gasteiger partial charge in [0.15, 0.2) is 0 Å². The Morgan fingerprint density at radius 2 is 1.90 bits per heavy atom. The van der Waals surface area contributed by atoms with Crippen LogP contribution in [0.3, 0.4) is 0 Å². The second-order valence-electron chi connectivity index (χ2n) is 7.17. The van der Waals surface area contributed by atoms with E-state index in [9.17, 15) is 13.2 Å². The van der Waals surface area contributed by atoms with Crippen molar-refractivity contribution in [1.29, 1.82) is 0 Å². The number of hydrogen-bond acceptors (Lipinski definition) is 1. The Balaban J connectivity index is 2.09. The highest BCUT2D eigenvalue weighted by atomic mass is 19.4. The fraction of sp³-hybridized carbons (Fsp3) is 0.647. The molecule has 1 nitrogen and oxygen atoms in total. The molecule has 0 saturated heterocycles. The maximum absolute atomic E-state index is 12.8. The molecule has 0 radical (unpaired) electrons. The van der Waals surface area contributed by atoms with E-state index in [2.05, 4.69) is 26.1 Å².